The Balaban J connectivity index is 0.000000165. The number of fused-ring (bicyclic) bond motifs is 2. The number of nitrogens with zero attached hydrogens (tertiary/aromatic N) is 12. The number of hydrogen-bond donors (Lipinski definition) is 7. The maximum absolute atomic E-state index is 7.52. The van der Waals surface area contributed by atoms with E-state index in [1.54, 1.807) is 41.1 Å². The lowest BCUT2D eigenvalue weighted by molar-refractivity contribution is 0.912. The van der Waals surface area contributed by atoms with Crippen LogP contribution in [0.2, 0.25) is 10.0 Å². The molecule has 9 heterocycles. The molecule has 0 fully saturated rings. The van der Waals surface area contributed by atoms with Crippen molar-refractivity contribution in [2.75, 3.05) is 0 Å². The number of hydrogen-bond acceptors (Lipinski definition) is 14. The molecule has 0 saturated heterocycles. The summed E-state index contributed by atoms with van der Waals surface area (Å²) in [6.07, 6.45) is 12.6. The zero-order valence-corrected chi connectivity index (χ0v) is 42.5. The van der Waals surface area contributed by atoms with Gasteiger partial charge < -0.3 is 17.2 Å². The van der Waals surface area contributed by atoms with Gasteiger partial charge >= 0.3 is 0 Å². The number of halogens is 3. The Morgan fingerprint density at radius 3 is 1.56 bits per heavy atom. The first-order valence-corrected chi connectivity index (χ1v) is 24.3. The summed E-state index contributed by atoms with van der Waals surface area (Å²) in [5.74, 6) is 1.52. The molecule has 0 amide bonds. The third-order valence-electron chi connectivity index (χ3n) is 11.1. The molecule has 0 unspecified atom stereocenters. The summed E-state index contributed by atoms with van der Waals surface area (Å²) in [5, 5.41) is 44.5. The molecule has 10 N–H and O–H groups in total. The van der Waals surface area contributed by atoms with E-state index in [4.69, 9.17) is 61.2 Å². The van der Waals surface area contributed by atoms with Gasteiger partial charge in [0.15, 0.2) is 11.6 Å². The summed E-state index contributed by atoms with van der Waals surface area (Å²) >= 11 is 15.3. The van der Waals surface area contributed by atoms with E-state index in [-0.39, 0.29) is 24.2 Å². The monoisotopic (exact) mass is 1060 g/mol. The van der Waals surface area contributed by atoms with Crippen molar-refractivity contribution >= 4 is 81.1 Å². The van der Waals surface area contributed by atoms with Crippen molar-refractivity contribution in [3.05, 3.63) is 171 Å². The first-order valence-electron chi connectivity index (χ1n) is 21.9. The first kappa shape index (κ1) is 50.7. The lowest BCUT2D eigenvalue weighted by atomic mass is 10.1. The van der Waals surface area contributed by atoms with Crippen LogP contribution in [0.3, 0.4) is 0 Å². The van der Waals surface area contributed by atoms with Crippen LogP contribution in [0.4, 0.5) is 0 Å². The summed E-state index contributed by atoms with van der Waals surface area (Å²) in [6.45, 7) is 4.47. The minimum absolute atomic E-state index is 0. The van der Waals surface area contributed by atoms with Crippen molar-refractivity contribution in [3.8, 4) is 42.5 Å². The molecule has 11 aromatic rings. The summed E-state index contributed by atoms with van der Waals surface area (Å²) in [6, 6.07) is 25.5. The third-order valence-corrected chi connectivity index (χ3v) is 13.8. The summed E-state index contributed by atoms with van der Waals surface area (Å²) in [5.41, 5.74) is 28.5. The molecule has 0 aliphatic heterocycles. The van der Waals surface area contributed by atoms with Crippen LogP contribution in [0, 0.1) is 24.7 Å². The molecule has 19 nitrogen and oxygen atoms in total. The normalized spacial score (nSPS) is 11.0. The van der Waals surface area contributed by atoms with Gasteiger partial charge in [-0.1, -0.05) is 47.5 Å². The van der Waals surface area contributed by atoms with Crippen LogP contribution < -0.4 is 17.2 Å². The number of H-pyrrole nitrogens is 2. The number of aryl methyl sites for hydroxylation is 3. The largest absolute Gasteiger partial charge is 0.388 e. The van der Waals surface area contributed by atoms with E-state index in [2.05, 4.69) is 57.8 Å². The quantitative estimate of drug-likeness (QED) is 0.0446. The van der Waals surface area contributed by atoms with Crippen LogP contribution in [-0.4, -0.2) is 81.1 Å². The Kier molecular flexibility index (Phi) is 15.9. The fourth-order valence-corrected chi connectivity index (χ4v) is 10.2. The number of benzene rings is 2. The van der Waals surface area contributed by atoms with E-state index in [9.17, 15) is 0 Å². The minimum atomic E-state index is -0.0602. The van der Waals surface area contributed by atoms with Gasteiger partial charge in [-0.3, -0.25) is 21.0 Å². The number of amidine groups is 1. The highest BCUT2D eigenvalue weighted by molar-refractivity contribution is 7.19. The Morgan fingerprint density at radius 1 is 0.667 bits per heavy atom. The van der Waals surface area contributed by atoms with E-state index >= 15 is 0 Å². The molecular weight excluding hydrogens is 1010 g/mol. The second kappa shape index (κ2) is 22.6. The molecule has 2 aromatic carbocycles. The second-order valence-corrected chi connectivity index (χ2v) is 19.0. The Morgan fingerprint density at radius 2 is 1.15 bits per heavy atom. The zero-order valence-electron chi connectivity index (χ0n) is 38.6. The number of nitrogens with two attached hydrogens (primary N) is 3. The number of aromatic nitrogens is 14. The van der Waals surface area contributed by atoms with E-state index in [0.717, 1.165) is 87.0 Å². The molecule has 0 spiro atoms. The van der Waals surface area contributed by atoms with Crippen LogP contribution >= 0.6 is 58.3 Å². The average Bonchev–Trinajstić information content (AvgIpc) is 4.23. The number of aromatic amines is 2. The van der Waals surface area contributed by atoms with Gasteiger partial charge in [0.1, 0.15) is 22.7 Å². The van der Waals surface area contributed by atoms with Gasteiger partial charge in [-0.2, -0.15) is 25.5 Å². The molecule has 0 saturated carbocycles. The molecular formula is C48H46Cl3N19S2. The van der Waals surface area contributed by atoms with Gasteiger partial charge in [0.05, 0.1) is 60.5 Å². The second-order valence-electron chi connectivity index (χ2n) is 16.1. The lowest BCUT2D eigenvalue weighted by Crippen LogP contribution is -2.20. The molecule has 24 heteroatoms. The van der Waals surface area contributed by atoms with E-state index < -0.39 is 0 Å². The average molecular weight is 1060 g/mol. The van der Waals surface area contributed by atoms with E-state index in [1.165, 1.54) is 17.3 Å². The molecule has 0 aliphatic carbocycles. The van der Waals surface area contributed by atoms with Crippen LogP contribution in [-0.2, 0) is 25.8 Å². The molecule has 0 radical (unpaired) electrons. The van der Waals surface area contributed by atoms with E-state index in [1.807, 2.05) is 95.9 Å². The number of nitrogen functional groups attached to an aromatic ring is 1. The Labute approximate surface area is 436 Å². The first-order chi connectivity index (χ1) is 34.4. The molecule has 9 aromatic heterocycles. The van der Waals surface area contributed by atoms with Crippen molar-refractivity contribution in [2.24, 2.45) is 17.2 Å². The lowest BCUT2D eigenvalue weighted by Gasteiger charge is -2.03. The Bertz CT molecular complexity index is 3580. The number of thiazole rings is 2. The van der Waals surface area contributed by atoms with Gasteiger partial charge in [0.2, 0.25) is 5.96 Å². The van der Waals surface area contributed by atoms with Gasteiger partial charge in [0, 0.05) is 60.6 Å². The maximum atomic E-state index is 7.52. The molecule has 0 bridgehead atoms. The summed E-state index contributed by atoms with van der Waals surface area (Å²) in [4.78, 5) is 20.7. The van der Waals surface area contributed by atoms with Crippen molar-refractivity contribution < 1.29 is 0 Å². The van der Waals surface area contributed by atoms with Gasteiger partial charge in [-0.05, 0) is 97.1 Å². The summed E-state index contributed by atoms with van der Waals surface area (Å²) in [7, 11) is 0. The van der Waals surface area contributed by atoms with E-state index in [0.29, 0.717) is 53.9 Å². The predicted molar refractivity (Wildman–Crippen MR) is 286 cm³/mol. The molecule has 11 rings (SSSR count). The number of pyridine rings is 2. The third kappa shape index (κ3) is 11.6. The number of rotatable bonds is 12. The fourth-order valence-electron chi connectivity index (χ4n) is 7.66. The van der Waals surface area contributed by atoms with Crippen LogP contribution in [0.1, 0.15) is 51.5 Å². The zero-order chi connectivity index (χ0) is 49.6. The highest BCUT2D eigenvalue weighted by Crippen LogP contribution is 2.40. The standard InChI is InChI=1S/C23H21ClN8S.C21H18ClN7S.C4H6N4.ClH/c1-13-20(18-11-15(4-7-19(25)26)8-9-32(18)31-13)23-29-17(10-14-2-5-16(24)6-3-14)21(33-23)22-27-12-28-30-22;1-12-18(17-9-14(10-23)6-7-29(17)28-12)21-26-16(8-13-2-4-15(22)5-3-13)19(30-21)20-24-11-25-27-20;5-4(6)8-3-1-2-7-8;/h2-3,5-6,8-9,11-12H,4,7,10H2,1H3,(H3,25,26)(H,27,28,30);2-7,9,11H,8,10,23H2,1H3,(H,24,25,27);1-3H,(H3,5,6);1H. The van der Waals surface area contributed by atoms with Gasteiger partial charge in [-0.25, -0.2) is 33.6 Å². The van der Waals surface area contributed by atoms with Crippen molar-refractivity contribution in [1.82, 2.24) is 69.3 Å². The minimum Gasteiger partial charge on any atom is -0.388 e. The van der Waals surface area contributed by atoms with Crippen LogP contribution in [0.5, 0.6) is 0 Å². The predicted octanol–water partition coefficient (Wildman–Crippen LogP) is 8.96. The van der Waals surface area contributed by atoms with Crippen molar-refractivity contribution in [1.29, 1.82) is 10.8 Å². The smallest absolute Gasteiger partial charge is 0.213 e. The maximum Gasteiger partial charge on any atom is 0.213 e. The number of nitrogens with one attached hydrogen (secondary N) is 4. The molecule has 0 atom stereocenters. The highest BCUT2D eigenvalue weighted by Gasteiger charge is 2.23. The fraction of sp³-hybridized carbons (Fsp3) is 0.146. The highest BCUT2D eigenvalue weighted by atomic mass is 35.5. The molecule has 366 valence electrons. The topological polar surface area (TPSA) is 287 Å². The van der Waals surface area contributed by atoms with Crippen LogP contribution in [0.15, 0.2) is 116 Å². The molecule has 72 heavy (non-hydrogen) atoms. The van der Waals surface area contributed by atoms with Gasteiger partial charge in [0.25, 0.3) is 0 Å². The van der Waals surface area contributed by atoms with Crippen LogP contribution in [0.25, 0.3) is 53.6 Å². The SMILES string of the molecule is Cc1nn2ccc(CCC(=N)N)cc2c1-c1nc(Cc2ccc(Cl)cc2)c(-c2ncn[nH]2)s1.Cc1nn2ccc(CN)cc2c1-c1nc(Cc2ccc(Cl)cc2)c(-c2ncn[nH]2)s1.Cl.N=C(N)n1cccn1. The van der Waals surface area contributed by atoms with Crippen molar-refractivity contribution in [3.63, 3.8) is 0 Å². The Hall–Kier alpha value is -7.66. The molecule has 0 aliphatic rings. The van der Waals surface area contributed by atoms with Crippen molar-refractivity contribution in [2.45, 2.75) is 46.1 Å². The van der Waals surface area contributed by atoms with Gasteiger partial charge in [-0.15, -0.1) is 35.1 Å². The summed E-state index contributed by atoms with van der Waals surface area (Å²) < 4.78 is 5.02.